The fraction of sp³-hybridized carbons (Fsp3) is 0.294. The summed E-state index contributed by atoms with van der Waals surface area (Å²) in [5, 5.41) is 9.57. The molecule has 21 heavy (non-hydrogen) atoms. The number of rotatable bonds is 3. The molecule has 1 aliphatic rings. The maximum Gasteiger partial charge on any atom is 0.148 e. The van der Waals surface area contributed by atoms with Crippen molar-refractivity contribution in [2.24, 2.45) is 0 Å². The molecule has 0 amide bonds. The highest BCUT2D eigenvalue weighted by Crippen LogP contribution is 2.36. The van der Waals surface area contributed by atoms with Crippen LogP contribution in [0.1, 0.15) is 16.7 Å². The van der Waals surface area contributed by atoms with Crippen LogP contribution in [0, 0.1) is 11.3 Å². The number of aromatic nitrogens is 1. The molecule has 0 fully saturated rings. The SMILES string of the molecule is CN(C)c1ncc2c(c1C#N)N(Cc1ccccc1)CC2. The molecule has 4 heteroatoms. The monoisotopic (exact) mass is 278 g/mol. The van der Waals surface area contributed by atoms with E-state index in [0.717, 1.165) is 31.0 Å². The first-order valence-corrected chi connectivity index (χ1v) is 7.09. The van der Waals surface area contributed by atoms with E-state index in [-0.39, 0.29) is 0 Å². The molecule has 0 unspecified atom stereocenters. The molecule has 3 rings (SSSR count). The number of nitriles is 1. The molecule has 4 nitrogen and oxygen atoms in total. The summed E-state index contributed by atoms with van der Waals surface area (Å²) in [6.45, 7) is 1.77. The van der Waals surface area contributed by atoms with Gasteiger partial charge in [0, 0.05) is 33.4 Å². The summed E-state index contributed by atoms with van der Waals surface area (Å²) in [5.41, 5.74) is 4.18. The topological polar surface area (TPSA) is 43.2 Å². The quantitative estimate of drug-likeness (QED) is 0.865. The first-order valence-electron chi connectivity index (χ1n) is 7.09. The molecule has 1 aromatic heterocycles. The van der Waals surface area contributed by atoms with Crippen molar-refractivity contribution in [3.8, 4) is 6.07 Å². The summed E-state index contributed by atoms with van der Waals surface area (Å²) in [7, 11) is 3.85. The van der Waals surface area contributed by atoms with Crippen molar-refractivity contribution in [1.29, 1.82) is 5.26 Å². The molecular formula is C17H18N4. The Balaban J connectivity index is 2.01. The van der Waals surface area contributed by atoms with Crippen LogP contribution in [0.15, 0.2) is 36.5 Å². The predicted molar refractivity (Wildman–Crippen MR) is 84.5 cm³/mol. The Kier molecular flexibility index (Phi) is 3.49. The molecule has 1 aliphatic heterocycles. The number of pyridine rings is 1. The van der Waals surface area contributed by atoms with Gasteiger partial charge in [-0.05, 0) is 17.5 Å². The lowest BCUT2D eigenvalue weighted by Gasteiger charge is -2.23. The van der Waals surface area contributed by atoms with Crippen molar-refractivity contribution in [2.45, 2.75) is 13.0 Å². The lowest BCUT2D eigenvalue weighted by molar-refractivity contribution is 0.835. The summed E-state index contributed by atoms with van der Waals surface area (Å²) in [6.07, 6.45) is 2.87. The molecule has 2 aromatic rings. The first kappa shape index (κ1) is 13.4. The maximum atomic E-state index is 9.57. The minimum atomic E-state index is 0.686. The van der Waals surface area contributed by atoms with Gasteiger partial charge in [-0.3, -0.25) is 0 Å². The average molecular weight is 278 g/mol. The van der Waals surface area contributed by atoms with Crippen molar-refractivity contribution < 1.29 is 0 Å². The minimum absolute atomic E-state index is 0.686. The van der Waals surface area contributed by atoms with Gasteiger partial charge in [0.1, 0.15) is 17.5 Å². The number of fused-ring (bicyclic) bond motifs is 1. The Morgan fingerprint density at radius 3 is 2.71 bits per heavy atom. The second kappa shape index (κ2) is 5.45. The van der Waals surface area contributed by atoms with Crippen molar-refractivity contribution in [3.05, 3.63) is 53.2 Å². The van der Waals surface area contributed by atoms with Gasteiger partial charge in [0.2, 0.25) is 0 Å². The molecule has 2 heterocycles. The first-order chi connectivity index (χ1) is 10.2. The third kappa shape index (κ3) is 2.43. The molecule has 0 radical (unpaired) electrons. The predicted octanol–water partition coefficient (Wildman–Crippen LogP) is 2.58. The third-order valence-electron chi connectivity index (χ3n) is 3.83. The summed E-state index contributed by atoms with van der Waals surface area (Å²) >= 11 is 0. The van der Waals surface area contributed by atoms with Crippen molar-refractivity contribution in [1.82, 2.24) is 4.98 Å². The fourth-order valence-electron chi connectivity index (χ4n) is 2.85. The fourth-order valence-corrected chi connectivity index (χ4v) is 2.85. The highest BCUT2D eigenvalue weighted by molar-refractivity contribution is 5.74. The van der Waals surface area contributed by atoms with Crippen LogP contribution in [-0.2, 0) is 13.0 Å². The number of nitrogens with zero attached hydrogens (tertiary/aromatic N) is 4. The van der Waals surface area contributed by atoms with Crippen LogP contribution in [0.3, 0.4) is 0 Å². The van der Waals surface area contributed by atoms with Crippen LogP contribution >= 0.6 is 0 Å². The minimum Gasteiger partial charge on any atom is -0.365 e. The van der Waals surface area contributed by atoms with Crippen LogP contribution < -0.4 is 9.80 Å². The van der Waals surface area contributed by atoms with E-state index < -0.39 is 0 Å². The standard InChI is InChI=1S/C17H18N4/c1-20(2)17-15(10-18)16-14(11-19-17)8-9-21(16)12-13-6-4-3-5-7-13/h3-7,11H,8-9,12H2,1-2H3. The van der Waals surface area contributed by atoms with E-state index in [4.69, 9.17) is 0 Å². The van der Waals surface area contributed by atoms with E-state index in [9.17, 15) is 5.26 Å². The van der Waals surface area contributed by atoms with Crippen LogP contribution in [0.5, 0.6) is 0 Å². The molecule has 0 saturated heterocycles. The van der Waals surface area contributed by atoms with Gasteiger partial charge in [0.15, 0.2) is 0 Å². The Bertz CT molecular complexity index is 686. The third-order valence-corrected chi connectivity index (χ3v) is 3.83. The largest absolute Gasteiger partial charge is 0.365 e. The summed E-state index contributed by atoms with van der Waals surface area (Å²) in [4.78, 5) is 8.63. The van der Waals surface area contributed by atoms with E-state index in [1.807, 2.05) is 31.3 Å². The molecule has 0 saturated carbocycles. The number of hydrogen-bond acceptors (Lipinski definition) is 4. The second-order valence-electron chi connectivity index (χ2n) is 5.49. The van der Waals surface area contributed by atoms with Gasteiger partial charge in [0.25, 0.3) is 0 Å². The highest BCUT2D eigenvalue weighted by Gasteiger charge is 2.26. The van der Waals surface area contributed by atoms with Crippen LogP contribution in [-0.4, -0.2) is 25.6 Å². The smallest absolute Gasteiger partial charge is 0.148 e. The van der Waals surface area contributed by atoms with E-state index in [0.29, 0.717) is 5.56 Å². The molecule has 106 valence electrons. The van der Waals surface area contributed by atoms with Gasteiger partial charge in [-0.2, -0.15) is 5.26 Å². The molecular weight excluding hydrogens is 260 g/mol. The lowest BCUT2D eigenvalue weighted by atomic mass is 10.1. The van der Waals surface area contributed by atoms with Gasteiger partial charge in [-0.1, -0.05) is 30.3 Å². The summed E-state index contributed by atoms with van der Waals surface area (Å²) in [6, 6.07) is 12.7. The molecule has 1 aromatic carbocycles. The van der Waals surface area contributed by atoms with Gasteiger partial charge in [-0.15, -0.1) is 0 Å². The molecule has 0 bridgehead atoms. The Morgan fingerprint density at radius 2 is 2.05 bits per heavy atom. The molecule has 0 aliphatic carbocycles. The average Bonchev–Trinajstić information content (AvgIpc) is 2.90. The van der Waals surface area contributed by atoms with Gasteiger partial charge in [-0.25, -0.2) is 4.98 Å². The Labute approximate surface area is 125 Å². The summed E-state index contributed by atoms with van der Waals surface area (Å²) < 4.78 is 0. The van der Waals surface area contributed by atoms with Gasteiger partial charge >= 0.3 is 0 Å². The molecule has 0 spiro atoms. The van der Waals surface area contributed by atoms with E-state index in [2.05, 4.69) is 40.2 Å². The van der Waals surface area contributed by atoms with Crippen LogP contribution in [0.25, 0.3) is 0 Å². The van der Waals surface area contributed by atoms with E-state index in [1.54, 1.807) is 0 Å². The van der Waals surface area contributed by atoms with Crippen LogP contribution in [0.4, 0.5) is 11.5 Å². The van der Waals surface area contributed by atoms with Gasteiger partial charge < -0.3 is 9.80 Å². The Morgan fingerprint density at radius 1 is 1.29 bits per heavy atom. The van der Waals surface area contributed by atoms with E-state index in [1.165, 1.54) is 11.1 Å². The second-order valence-corrected chi connectivity index (χ2v) is 5.49. The van der Waals surface area contributed by atoms with Crippen molar-refractivity contribution in [2.75, 3.05) is 30.4 Å². The number of benzene rings is 1. The zero-order valence-electron chi connectivity index (χ0n) is 12.4. The molecule has 0 atom stereocenters. The maximum absolute atomic E-state index is 9.57. The normalized spacial score (nSPS) is 12.9. The lowest BCUT2D eigenvalue weighted by Crippen LogP contribution is -2.21. The van der Waals surface area contributed by atoms with E-state index >= 15 is 0 Å². The molecule has 0 N–H and O–H groups in total. The zero-order chi connectivity index (χ0) is 14.8. The number of hydrogen-bond donors (Lipinski definition) is 0. The number of anilines is 2. The van der Waals surface area contributed by atoms with Crippen molar-refractivity contribution in [3.63, 3.8) is 0 Å². The zero-order valence-corrected chi connectivity index (χ0v) is 12.4. The highest BCUT2D eigenvalue weighted by atomic mass is 15.2. The Hall–Kier alpha value is -2.54. The van der Waals surface area contributed by atoms with Crippen LogP contribution in [0.2, 0.25) is 0 Å². The van der Waals surface area contributed by atoms with Crippen molar-refractivity contribution >= 4 is 11.5 Å². The summed E-state index contributed by atoms with van der Waals surface area (Å²) in [5.74, 6) is 0.746. The van der Waals surface area contributed by atoms with Gasteiger partial charge in [0.05, 0.1) is 5.69 Å².